The molecule has 2 aromatic carbocycles. The van der Waals surface area contributed by atoms with Crippen LogP contribution in [0.15, 0.2) is 47.4 Å². The first-order valence-corrected chi connectivity index (χ1v) is 10.5. The molecule has 1 N–H and O–H groups in total. The number of hydrogen-bond donors (Lipinski definition) is 1. The molecule has 0 radical (unpaired) electrons. The Bertz CT molecular complexity index is 961. The quantitative estimate of drug-likeness (QED) is 0.828. The lowest BCUT2D eigenvalue weighted by Crippen LogP contribution is -2.43. The van der Waals surface area contributed by atoms with Crippen LogP contribution in [0.3, 0.4) is 0 Å². The first-order chi connectivity index (χ1) is 13.3. The lowest BCUT2D eigenvalue weighted by atomic mass is 9.98. The van der Waals surface area contributed by atoms with Gasteiger partial charge in [-0.2, -0.15) is 4.31 Å². The van der Waals surface area contributed by atoms with Crippen molar-refractivity contribution in [3.63, 3.8) is 0 Å². The minimum absolute atomic E-state index is 0.0918. The molecule has 0 aliphatic carbocycles. The van der Waals surface area contributed by atoms with Gasteiger partial charge >= 0.3 is 0 Å². The lowest BCUT2D eigenvalue weighted by molar-refractivity contribution is -0.120. The Morgan fingerprint density at radius 2 is 1.93 bits per heavy atom. The van der Waals surface area contributed by atoms with Crippen LogP contribution >= 0.6 is 0 Å². The molecule has 0 aromatic heterocycles. The number of halogens is 1. The van der Waals surface area contributed by atoms with E-state index in [9.17, 15) is 17.6 Å². The first kappa shape index (κ1) is 20.3. The minimum Gasteiger partial charge on any atom is -0.497 e. The van der Waals surface area contributed by atoms with E-state index in [1.54, 1.807) is 31.2 Å². The molecule has 0 unspecified atom stereocenters. The molecule has 1 amide bonds. The number of sulfonamides is 1. The van der Waals surface area contributed by atoms with Gasteiger partial charge in [0.2, 0.25) is 15.9 Å². The van der Waals surface area contributed by atoms with Crippen LogP contribution in [0.4, 0.5) is 10.1 Å². The van der Waals surface area contributed by atoms with Gasteiger partial charge in [-0.25, -0.2) is 12.8 Å². The van der Waals surface area contributed by atoms with Crippen LogP contribution < -0.4 is 10.1 Å². The second-order valence-corrected chi connectivity index (χ2v) is 8.77. The van der Waals surface area contributed by atoms with Gasteiger partial charge in [-0.05, 0) is 61.7 Å². The van der Waals surface area contributed by atoms with Gasteiger partial charge in [-0.15, -0.1) is 0 Å². The van der Waals surface area contributed by atoms with Crippen molar-refractivity contribution in [3.8, 4) is 5.75 Å². The van der Waals surface area contributed by atoms with Crippen molar-refractivity contribution in [2.24, 2.45) is 5.92 Å². The topological polar surface area (TPSA) is 75.7 Å². The number of amides is 1. The largest absolute Gasteiger partial charge is 0.497 e. The van der Waals surface area contributed by atoms with Crippen molar-refractivity contribution in [3.05, 3.63) is 53.8 Å². The van der Waals surface area contributed by atoms with E-state index < -0.39 is 21.8 Å². The van der Waals surface area contributed by atoms with Crippen molar-refractivity contribution >= 4 is 21.6 Å². The average molecular weight is 406 g/mol. The Morgan fingerprint density at radius 3 is 2.57 bits per heavy atom. The third kappa shape index (κ3) is 4.34. The van der Waals surface area contributed by atoms with Gasteiger partial charge in [-0.3, -0.25) is 4.79 Å². The van der Waals surface area contributed by atoms with Gasteiger partial charge in [0, 0.05) is 18.8 Å². The number of rotatable bonds is 5. The number of carbonyl (C=O) groups is 1. The number of nitrogens with zero attached hydrogens (tertiary/aromatic N) is 1. The maximum atomic E-state index is 13.7. The zero-order valence-electron chi connectivity index (χ0n) is 15.8. The number of benzene rings is 2. The monoisotopic (exact) mass is 406 g/mol. The SMILES string of the molecule is COc1ccc(S(=O)(=O)N2CCC[C@H](C(=O)Nc3ccc(C)c(F)c3)C2)cc1. The van der Waals surface area contributed by atoms with Gasteiger partial charge < -0.3 is 10.1 Å². The molecule has 0 saturated carbocycles. The number of nitrogens with one attached hydrogen (secondary N) is 1. The Balaban J connectivity index is 1.71. The number of methoxy groups -OCH3 is 1. The predicted molar refractivity (Wildman–Crippen MR) is 104 cm³/mol. The summed E-state index contributed by atoms with van der Waals surface area (Å²) < 4.78 is 45.9. The minimum atomic E-state index is -3.70. The molecule has 1 atom stereocenters. The maximum Gasteiger partial charge on any atom is 0.243 e. The van der Waals surface area contributed by atoms with Crippen molar-refractivity contribution in [1.29, 1.82) is 0 Å². The summed E-state index contributed by atoms with van der Waals surface area (Å²) in [6, 6.07) is 10.7. The molecule has 150 valence electrons. The molecule has 6 nitrogen and oxygen atoms in total. The molecule has 28 heavy (non-hydrogen) atoms. The van der Waals surface area contributed by atoms with E-state index in [2.05, 4.69) is 5.32 Å². The van der Waals surface area contributed by atoms with E-state index >= 15 is 0 Å². The molecule has 1 saturated heterocycles. The third-order valence-corrected chi connectivity index (χ3v) is 6.77. The molecular weight excluding hydrogens is 383 g/mol. The molecule has 1 aliphatic heterocycles. The number of ether oxygens (including phenoxy) is 1. The van der Waals surface area contributed by atoms with Gasteiger partial charge in [0.1, 0.15) is 11.6 Å². The summed E-state index contributed by atoms with van der Waals surface area (Å²) in [6.45, 7) is 2.09. The molecule has 0 spiro atoms. The second-order valence-electron chi connectivity index (χ2n) is 6.83. The van der Waals surface area contributed by atoms with E-state index in [4.69, 9.17) is 4.74 Å². The number of piperidine rings is 1. The number of anilines is 1. The summed E-state index contributed by atoms with van der Waals surface area (Å²) >= 11 is 0. The van der Waals surface area contributed by atoms with Crippen LogP contribution in [0.2, 0.25) is 0 Å². The fraction of sp³-hybridized carbons (Fsp3) is 0.350. The third-order valence-electron chi connectivity index (χ3n) is 4.89. The van der Waals surface area contributed by atoms with Gasteiger partial charge in [0.05, 0.1) is 17.9 Å². The molecule has 2 aromatic rings. The standard InChI is InChI=1S/C20H23FN2O4S/c1-14-5-6-16(12-19(14)21)22-20(24)15-4-3-11-23(13-15)28(25,26)18-9-7-17(27-2)8-10-18/h5-10,12,15H,3-4,11,13H2,1-2H3,(H,22,24)/t15-/m0/s1. The highest BCUT2D eigenvalue weighted by Crippen LogP contribution is 2.26. The van der Waals surface area contributed by atoms with E-state index in [0.29, 0.717) is 36.4 Å². The Kier molecular flexibility index (Phi) is 6.00. The van der Waals surface area contributed by atoms with E-state index in [1.807, 2.05) is 0 Å². The van der Waals surface area contributed by atoms with Crippen molar-refractivity contribution < 1.29 is 22.3 Å². The highest BCUT2D eigenvalue weighted by Gasteiger charge is 2.33. The van der Waals surface area contributed by atoms with Gasteiger partial charge in [0.15, 0.2) is 0 Å². The molecule has 1 aliphatic rings. The molecule has 8 heteroatoms. The van der Waals surface area contributed by atoms with Crippen molar-refractivity contribution in [2.45, 2.75) is 24.7 Å². The summed E-state index contributed by atoms with van der Waals surface area (Å²) in [5, 5.41) is 2.69. The molecule has 1 heterocycles. The van der Waals surface area contributed by atoms with Gasteiger partial charge in [0.25, 0.3) is 0 Å². The Hall–Kier alpha value is -2.45. The summed E-state index contributed by atoms with van der Waals surface area (Å²) in [6.07, 6.45) is 1.16. The summed E-state index contributed by atoms with van der Waals surface area (Å²) in [4.78, 5) is 12.7. The summed E-state index contributed by atoms with van der Waals surface area (Å²) in [5.41, 5.74) is 0.857. The van der Waals surface area contributed by atoms with E-state index in [1.165, 1.54) is 29.6 Å². The van der Waals surface area contributed by atoms with Crippen LogP contribution in [-0.2, 0) is 14.8 Å². The molecular formula is C20H23FN2O4S. The van der Waals surface area contributed by atoms with Crippen molar-refractivity contribution in [2.75, 3.05) is 25.5 Å². The number of hydrogen-bond acceptors (Lipinski definition) is 4. The fourth-order valence-corrected chi connectivity index (χ4v) is 4.71. The van der Waals surface area contributed by atoms with E-state index in [0.717, 1.165) is 0 Å². The van der Waals surface area contributed by atoms with Crippen LogP contribution in [0, 0.1) is 18.7 Å². The van der Waals surface area contributed by atoms with Gasteiger partial charge in [-0.1, -0.05) is 6.07 Å². The Morgan fingerprint density at radius 1 is 1.21 bits per heavy atom. The normalized spacial score (nSPS) is 17.9. The fourth-order valence-electron chi connectivity index (χ4n) is 3.19. The number of carbonyl (C=O) groups excluding carboxylic acids is 1. The van der Waals surface area contributed by atoms with E-state index in [-0.39, 0.29) is 17.3 Å². The van der Waals surface area contributed by atoms with Crippen molar-refractivity contribution in [1.82, 2.24) is 4.31 Å². The molecule has 1 fully saturated rings. The van der Waals surface area contributed by atoms with Crippen LogP contribution in [-0.4, -0.2) is 38.8 Å². The average Bonchev–Trinajstić information content (AvgIpc) is 2.71. The summed E-state index contributed by atoms with van der Waals surface area (Å²) in [7, 11) is -2.19. The molecule has 0 bridgehead atoms. The van der Waals surface area contributed by atoms with Crippen LogP contribution in [0.25, 0.3) is 0 Å². The highest BCUT2D eigenvalue weighted by atomic mass is 32.2. The first-order valence-electron chi connectivity index (χ1n) is 9.02. The zero-order chi connectivity index (χ0) is 20.3. The second kappa shape index (κ2) is 8.28. The number of aryl methyl sites for hydroxylation is 1. The maximum absolute atomic E-state index is 13.7. The smallest absolute Gasteiger partial charge is 0.243 e. The zero-order valence-corrected chi connectivity index (χ0v) is 16.6. The Labute approximate surface area is 164 Å². The lowest BCUT2D eigenvalue weighted by Gasteiger charge is -2.31. The van der Waals surface area contributed by atoms with Crippen LogP contribution in [0.1, 0.15) is 18.4 Å². The molecule has 3 rings (SSSR count). The predicted octanol–water partition coefficient (Wildman–Crippen LogP) is 3.18. The summed E-state index contributed by atoms with van der Waals surface area (Å²) in [5.74, 6) is -0.630. The highest BCUT2D eigenvalue weighted by molar-refractivity contribution is 7.89. The van der Waals surface area contributed by atoms with Crippen LogP contribution in [0.5, 0.6) is 5.75 Å².